The summed E-state index contributed by atoms with van der Waals surface area (Å²) in [6.07, 6.45) is 0. The molecule has 0 aromatic carbocycles. The summed E-state index contributed by atoms with van der Waals surface area (Å²) in [4.78, 5) is 11.0. The average Bonchev–Trinajstić information content (AvgIpc) is 2.20. The van der Waals surface area contributed by atoms with Crippen LogP contribution in [0.15, 0.2) is 0 Å². The van der Waals surface area contributed by atoms with Crippen molar-refractivity contribution < 1.29 is 4.79 Å². The molecule has 1 amide bonds. The summed E-state index contributed by atoms with van der Waals surface area (Å²) < 4.78 is 0. The second-order valence-corrected chi connectivity index (χ2v) is 2.98. The molecule has 0 saturated carbocycles. The summed E-state index contributed by atoms with van der Waals surface area (Å²) in [6.45, 7) is 10.0. The number of amides is 1. The molecule has 0 aromatic rings. The Hall–Kier alpha value is -0.610. The molecule has 0 fully saturated rings. The summed E-state index contributed by atoms with van der Waals surface area (Å²) in [5, 5.41) is 8.87. The molecule has 4 nitrogen and oxygen atoms in total. The highest BCUT2D eigenvalue weighted by molar-refractivity contribution is 5.77. The Morgan fingerprint density at radius 3 is 2.21 bits per heavy atom. The molecule has 0 atom stereocenters. The third kappa shape index (κ3) is 11.4. The summed E-state index contributed by atoms with van der Waals surface area (Å²) in [5.41, 5.74) is 0. The summed E-state index contributed by atoms with van der Waals surface area (Å²) in [5.74, 6) is 0.190. The fourth-order valence-electron chi connectivity index (χ4n) is 0.692. The molecule has 0 unspecified atom stereocenters. The maximum Gasteiger partial charge on any atom is 0.222 e. The Morgan fingerprint density at radius 2 is 1.79 bits per heavy atom. The van der Waals surface area contributed by atoms with E-state index in [1.807, 2.05) is 34.7 Å². The monoisotopic (exact) mass is 203 g/mol. The van der Waals surface area contributed by atoms with Gasteiger partial charge in [0.05, 0.1) is 0 Å². The van der Waals surface area contributed by atoms with Crippen LogP contribution in [0.25, 0.3) is 0 Å². The lowest BCUT2D eigenvalue weighted by atomic mass is 10.2. The van der Waals surface area contributed by atoms with Crippen LogP contribution in [0.1, 0.15) is 27.7 Å². The van der Waals surface area contributed by atoms with Crippen LogP contribution in [0.2, 0.25) is 0 Å². The number of carbonyl (C=O) groups excluding carboxylic acids is 1. The van der Waals surface area contributed by atoms with Gasteiger partial charge in [-0.1, -0.05) is 27.7 Å². The SMILES string of the molecule is CC.CNCNCCNC(=O)C(C)C. The predicted octanol–water partition coefficient (Wildman–Crippen LogP) is 0.551. The second kappa shape index (κ2) is 12.4. The van der Waals surface area contributed by atoms with Crippen LogP contribution in [0.5, 0.6) is 0 Å². The van der Waals surface area contributed by atoms with E-state index >= 15 is 0 Å². The molecule has 0 rings (SSSR count). The standard InChI is InChI=1S/C8H19N3O.C2H6/c1-7(2)8(12)11-5-4-10-6-9-3;1-2/h7,9-10H,4-6H2,1-3H3,(H,11,12);1-2H3. The third-order valence-electron chi connectivity index (χ3n) is 1.43. The molecule has 14 heavy (non-hydrogen) atoms. The normalized spacial score (nSPS) is 9.29. The fourth-order valence-corrected chi connectivity index (χ4v) is 0.692. The van der Waals surface area contributed by atoms with Gasteiger partial charge in [-0.2, -0.15) is 0 Å². The highest BCUT2D eigenvalue weighted by Gasteiger charge is 2.03. The topological polar surface area (TPSA) is 53.2 Å². The summed E-state index contributed by atoms with van der Waals surface area (Å²) in [7, 11) is 1.87. The number of hydrogen-bond donors (Lipinski definition) is 3. The lowest BCUT2D eigenvalue weighted by Gasteiger charge is -2.07. The molecular formula is C10H25N3O. The highest BCUT2D eigenvalue weighted by Crippen LogP contribution is 1.88. The van der Waals surface area contributed by atoms with Gasteiger partial charge >= 0.3 is 0 Å². The molecule has 0 aliphatic rings. The van der Waals surface area contributed by atoms with E-state index in [1.165, 1.54) is 0 Å². The Kier molecular flexibility index (Phi) is 14.0. The molecule has 0 aliphatic heterocycles. The van der Waals surface area contributed by atoms with E-state index in [0.717, 1.165) is 13.2 Å². The molecule has 0 saturated heterocycles. The molecule has 0 bridgehead atoms. The molecular weight excluding hydrogens is 178 g/mol. The van der Waals surface area contributed by atoms with Crippen LogP contribution in [0.3, 0.4) is 0 Å². The van der Waals surface area contributed by atoms with Gasteiger partial charge in [0.15, 0.2) is 0 Å². The van der Waals surface area contributed by atoms with E-state index in [1.54, 1.807) is 0 Å². The number of hydrogen-bond acceptors (Lipinski definition) is 3. The van der Waals surface area contributed by atoms with Gasteiger partial charge in [0, 0.05) is 25.7 Å². The minimum atomic E-state index is 0.0781. The van der Waals surface area contributed by atoms with Crippen molar-refractivity contribution in [2.45, 2.75) is 27.7 Å². The average molecular weight is 203 g/mol. The van der Waals surface area contributed by atoms with Crippen molar-refractivity contribution >= 4 is 5.91 Å². The number of carbonyl (C=O) groups is 1. The van der Waals surface area contributed by atoms with Gasteiger partial charge in [-0.3, -0.25) is 4.79 Å². The third-order valence-corrected chi connectivity index (χ3v) is 1.43. The van der Waals surface area contributed by atoms with E-state index in [4.69, 9.17) is 0 Å². The maximum atomic E-state index is 11.0. The van der Waals surface area contributed by atoms with Gasteiger partial charge < -0.3 is 16.0 Å². The van der Waals surface area contributed by atoms with Crippen molar-refractivity contribution in [3.05, 3.63) is 0 Å². The lowest BCUT2D eigenvalue weighted by molar-refractivity contribution is -0.123. The molecule has 4 heteroatoms. The van der Waals surface area contributed by atoms with Gasteiger partial charge in [0.2, 0.25) is 5.91 Å². The molecule has 0 aromatic heterocycles. The zero-order valence-corrected chi connectivity index (χ0v) is 10.1. The lowest BCUT2D eigenvalue weighted by Crippen LogP contribution is -2.36. The molecule has 0 heterocycles. The van der Waals surface area contributed by atoms with Gasteiger partial charge in [0.25, 0.3) is 0 Å². The first-order valence-electron chi connectivity index (χ1n) is 5.31. The highest BCUT2D eigenvalue weighted by atomic mass is 16.1. The van der Waals surface area contributed by atoms with Crippen molar-refractivity contribution in [1.29, 1.82) is 0 Å². The maximum absolute atomic E-state index is 11.0. The van der Waals surface area contributed by atoms with Crippen LogP contribution >= 0.6 is 0 Å². The van der Waals surface area contributed by atoms with Crippen molar-refractivity contribution in [2.75, 3.05) is 26.8 Å². The van der Waals surface area contributed by atoms with E-state index in [0.29, 0.717) is 6.54 Å². The van der Waals surface area contributed by atoms with Gasteiger partial charge in [-0.15, -0.1) is 0 Å². The van der Waals surface area contributed by atoms with Crippen molar-refractivity contribution in [3.63, 3.8) is 0 Å². The summed E-state index contributed by atoms with van der Waals surface area (Å²) >= 11 is 0. The van der Waals surface area contributed by atoms with Gasteiger partial charge in [-0.05, 0) is 7.05 Å². The predicted molar refractivity (Wildman–Crippen MR) is 61.1 cm³/mol. The van der Waals surface area contributed by atoms with Crippen LogP contribution in [-0.2, 0) is 4.79 Å². The number of nitrogens with one attached hydrogen (secondary N) is 3. The van der Waals surface area contributed by atoms with Crippen molar-refractivity contribution in [3.8, 4) is 0 Å². The first-order chi connectivity index (χ1) is 6.68. The Balaban J connectivity index is 0. The van der Waals surface area contributed by atoms with Crippen LogP contribution in [0.4, 0.5) is 0 Å². The first-order valence-corrected chi connectivity index (χ1v) is 5.31. The summed E-state index contributed by atoms with van der Waals surface area (Å²) in [6, 6.07) is 0. The molecule has 0 spiro atoms. The molecule has 3 N–H and O–H groups in total. The van der Waals surface area contributed by atoms with Crippen LogP contribution in [0, 0.1) is 5.92 Å². The molecule has 0 aliphatic carbocycles. The van der Waals surface area contributed by atoms with E-state index in [2.05, 4.69) is 16.0 Å². The zero-order valence-electron chi connectivity index (χ0n) is 10.1. The largest absolute Gasteiger partial charge is 0.355 e. The second-order valence-electron chi connectivity index (χ2n) is 2.98. The molecule has 0 radical (unpaired) electrons. The Morgan fingerprint density at radius 1 is 1.21 bits per heavy atom. The first kappa shape index (κ1) is 15.8. The van der Waals surface area contributed by atoms with Crippen LogP contribution < -0.4 is 16.0 Å². The number of rotatable bonds is 6. The van der Waals surface area contributed by atoms with E-state index in [9.17, 15) is 4.79 Å². The minimum absolute atomic E-state index is 0.0781. The van der Waals surface area contributed by atoms with E-state index in [-0.39, 0.29) is 11.8 Å². The fraction of sp³-hybridized carbons (Fsp3) is 0.900. The molecule has 86 valence electrons. The Labute approximate surface area is 87.8 Å². The zero-order chi connectivity index (χ0) is 11.4. The van der Waals surface area contributed by atoms with Crippen LogP contribution in [-0.4, -0.2) is 32.7 Å². The van der Waals surface area contributed by atoms with Gasteiger partial charge in [-0.25, -0.2) is 0 Å². The van der Waals surface area contributed by atoms with Crippen molar-refractivity contribution in [2.24, 2.45) is 5.92 Å². The smallest absolute Gasteiger partial charge is 0.222 e. The Bertz CT molecular complexity index is 127. The minimum Gasteiger partial charge on any atom is -0.355 e. The van der Waals surface area contributed by atoms with Gasteiger partial charge in [0.1, 0.15) is 0 Å². The van der Waals surface area contributed by atoms with E-state index < -0.39 is 0 Å². The van der Waals surface area contributed by atoms with Crippen molar-refractivity contribution in [1.82, 2.24) is 16.0 Å². The quantitative estimate of drug-likeness (QED) is 0.436.